The minimum Gasteiger partial charge on any atom is -0.496 e. The minimum absolute atomic E-state index is 0.0188. The summed E-state index contributed by atoms with van der Waals surface area (Å²) in [6.45, 7) is 2.02. The van der Waals surface area contributed by atoms with Crippen molar-refractivity contribution in [3.8, 4) is 11.5 Å². The lowest BCUT2D eigenvalue weighted by atomic mass is 9.82. The zero-order chi connectivity index (χ0) is 18.2. The molecule has 25 heavy (non-hydrogen) atoms. The lowest BCUT2D eigenvalue weighted by Crippen LogP contribution is -2.33. The standard InChI is InChI=1S/C18H27O6P/c1-4-23-25(20)24-18(13-9-6-5-7-10-13)17(19)16-14(21-2)11-8-12-15(16)22-3/h8,11-13,18,25H,4-7,9-10H2,1-3H3. The van der Waals surface area contributed by atoms with E-state index in [4.69, 9.17) is 18.5 Å². The van der Waals surface area contributed by atoms with Gasteiger partial charge < -0.3 is 14.0 Å². The second-order valence-electron chi connectivity index (χ2n) is 6.02. The Hall–Kier alpha value is -1.36. The number of carbonyl (C=O) groups excluding carboxylic acids is 1. The van der Waals surface area contributed by atoms with Gasteiger partial charge in [-0.05, 0) is 37.8 Å². The van der Waals surface area contributed by atoms with Crippen molar-refractivity contribution in [1.29, 1.82) is 0 Å². The fourth-order valence-electron chi connectivity index (χ4n) is 3.29. The lowest BCUT2D eigenvalue weighted by Gasteiger charge is -2.29. The maximum Gasteiger partial charge on any atom is 0.319 e. The highest BCUT2D eigenvalue weighted by atomic mass is 31.1. The molecule has 6 nitrogen and oxygen atoms in total. The Balaban J connectivity index is 2.35. The minimum atomic E-state index is -2.73. The monoisotopic (exact) mass is 370 g/mol. The molecule has 0 aromatic heterocycles. The number of benzene rings is 1. The molecule has 0 radical (unpaired) electrons. The predicted octanol–water partition coefficient (Wildman–Crippen LogP) is 4.28. The Bertz CT molecular complexity index is 575. The summed E-state index contributed by atoms with van der Waals surface area (Å²) in [5.41, 5.74) is 0.328. The third-order valence-corrected chi connectivity index (χ3v) is 5.47. The van der Waals surface area contributed by atoms with E-state index in [-0.39, 0.29) is 18.3 Å². The summed E-state index contributed by atoms with van der Waals surface area (Å²) in [4.78, 5) is 13.3. The smallest absolute Gasteiger partial charge is 0.319 e. The fourth-order valence-corrected chi connectivity index (χ4v) is 4.10. The second-order valence-corrected chi connectivity index (χ2v) is 7.05. The molecule has 140 valence electrons. The first-order chi connectivity index (χ1) is 12.1. The molecule has 1 aromatic carbocycles. The zero-order valence-corrected chi connectivity index (χ0v) is 16.1. The van der Waals surface area contributed by atoms with Gasteiger partial charge in [0, 0.05) is 0 Å². The largest absolute Gasteiger partial charge is 0.496 e. The highest BCUT2D eigenvalue weighted by molar-refractivity contribution is 7.33. The van der Waals surface area contributed by atoms with Crippen LogP contribution in [-0.4, -0.2) is 32.7 Å². The Morgan fingerprint density at radius 1 is 1.16 bits per heavy atom. The molecule has 2 atom stereocenters. The van der Waals surface area contributed by atoms with E-state index in [0.717, 1.165) is 32.1 Å². The van der Waals surface area contributed by atoms with Crippen molar-refractivity contribution < 1.29 is 27.9 Å². The van der Waals surface area contributed by atoms with Crippen LogP contribution in [0.4, 0.5) is 0 Å². The number of carbonyl (C=O) groups is 1. The Morgan fingerprint density at radius 2 is 1.76 bits per heavy atom. The molecular weight excluding hydrogens is 343 g/mol. The van der Waals surface area contributed by atoms with Gasteiger partial charge in [0.25, 0.3) is 0 Å². The summed E-state index contributed by atoms with van der Waals surface area (Å²) < 4.78 is 33.4. The first kappa shape index (κ1) is 20.0. The third-order valence-electron chi connectivity index (χ3n) is 4.50. The van der Waals surface area contributed by atoms with Crippen molar-refractivity contribution >= 4 is 14.0 Å². The van der Waals surface area contributed by atoms with Gasteiger partial charge >= 0.3 is 8.25 Å². The molecule has 7 heteroatoms. The van der Waals surface area contributed by atoms with Crippen molar-refractivity contribution in [1.82, 2.24) is 0 Å². The van der Waals surface area contributed by atoms with E-state index >= 15 is 0 Å². The molecule has 0 saturated heterocycles. The number of hydrogen-bond acceptors (Lipinski definition) is 6. The van der Waals surface area contributed by atoms with Gasteiger partial charge in [0.15, 0.2) is 5.78 Å². The van der Waals surface area contributed by atoms with Gasteiger partial charge in [-0.1, -0.05) is 25.3 Å². The van der Waals surface area contributed by atoms with Crippen LogP contribution in [0.15, 0.2) is 18.2 Å². The molecule has 0 heterocycles. The van der Waals surface area contributed by atoms with Crippen LogP contribution < -0.4 is 9.47 Å². The summed E-state index contributed by atoms with van der Waals surface area (Å²) >= 11 is 0. The Labute approximate surface area is 149 Å². The van der Waals surface area contributed by atoms with Gasteiger partial charge in [0.2, 0.25) is 0 Å². The van der Waals surface area contributed by atoms with E-state index in [0.29, 0.717) is 17.1 Å². The Morgan fingerprint density at radius 3 is 2.28 bits per heavy atom. The number of hydrogen-bond donors (Lipinski definition) is 0. The van der Waals surface area contributed by atoms with E-state index in [1.807, 2.05) is 0 Å². The van der Waals surface area contributed by atoms with Crippen LogP contribution in [0.5, 0.6) is 11.5 Å². The fraction of sp³-hybridized carbons (Fsp3) is 0.611. The van der Waals surface area contributed by atoms with Crippen LogP contribution in [-0.2, 0) is 13.6 Å². The molecule has 1 aliphatic rings. The lowest BCUT2D eigenvalue weighted by molar-refractivity contribution is 0.0575. The molecule has 2 rings (SSSR count). The van der Waals surface area contributed by atoms with Crippen LogP contribution in [0.1, 0.15) is 49.4 Å². The molecule has 1 fully saturated rings. The molecule has 0 spiro atoms. The van der Waals surface area contributed by atoms with Gasteiger partial charge in [0.05, 0.1) is 20.8 Å². The van der Waals surface area contributed by atoms with Crippen LogP contribution >= 0.6 is 8.25 Å². The van der Waals surface area contributed by atoms with Gasteiger partial charge in [-0.2, -0.15) is 0 Å². The number of methoxy groups -OCH3 is 2. The van der Waals surface area contributed by atoms with E-state index in [1.165, 1.54) is 14.2 Å². The zero-order valence-electron chi connectivity index (χ0n) is 15.1. The average Bonchev–Trinajstić information content (AvgIpc) is 2.65. The molecule has 1 saturated carbocycles. The van der Waals surface area contributed by atoms with E-state index in [9.17, 15) is 9.36 Å². The van der Waals surface area contributed by atoms with Crippen molar-refractivity contribution in [3.63, 3.8) is 0 Å². The first-order valence-corrected chi connectivity index (χ1v) is 9.93. The van der Waals surface area contributed by atoms with E-state index < -0.39 is 14.4 Å². The topological polar surface area (TPSA) is 71.1 Å². The molecule has 0 bridgehead atoms. The summed E-state index contributed by atoms with van der Waals surface area (Å²) in [6, 6.07) is 5.17. The normalized spacial score (nSPS) is 17.7. The highest BCUT2D eigenvalue weighted by Gasteiger charge is 2.35. The van der Waals surface area contributed by atoms with E-state index in [1.54, 1.807) is 25.1 Å². The maximum atomic E-state index is 13.3. The van der Waals surface area contributed by atoms with Crippen molar-refractivity contribution in [3.05, 3.63) is 23.8 Å². The molecular formula is C18H27O6P. The third kappa shape index (κ3) is 5.06. The van der Waals surface area contributed by atoms with Crippen LogP contribution in [0.25, 0.3) is 0 Å². The highest BCUT2D eigenvalue weighted by Crippen LogP contribution is 2.39. The van der Waals surface area contributed by atoms with Gasteiger partial charge in [0.1, 0.15) is 23.2 Å². The van der Waals surface area contributed by atoms with Gasteiger partial charge in [-0.25, -0.2) is 0 Å². The van der Waals surface area contributed by atoms with Crippen LogP contribution in [0.2, 0.25) is 0 Å². The maximum absolute atomic E-state index is 13.3. The van der Waals surface area contributed by atoms with Crippen molar-refractivity contribution in [2.24, 2.45) is 5.92 Å². The summed E-state index contributed by atoms with van der Waals surface area (Å²) in [5, 5.41) is 0. The van der Waals surface area contributed by atoms with Crippen molar-refractivity contribution in [2.45, 2.75) is 45.1 Å². The predicted molar refractivity (Wildman–Crippen MR) is 96.0 cm³/mol. The SMILES string of the molecule is CCO[PH](=O)OC(C(=O)c1c(OC)cccc1OC)C1CCCCC1. The molecule has 0 amide bonds. The van der Waals surface area contributed by atoms with Crippen molar-refractivity contribution in [2.75, 3.05) is 20.8 Å². The summed E-state index contributed by atoms with van der Waals surface area (Å²) in [7, 11) is 0.280. The first-order valence-electron chi connectivity index (χ1n) is 8.71. The quantitative estimate of drug-likeness (QED) is 0.477. The molecule has 0 N–H and O–H groups in total. The summed E-state index contributed by atoms with van der Waals surface area (Å²) in [5.74, 6) is 0.596. The Kier molecular flexibility index (Phi) is 7.94. The van der Waals surface area contributed by atoms with Gasteiger partial charge in [-0.3, -0.25) is 13.9 Å². The van der Waals surface area contributed by atoms with Gasteiger partial charge in [-0.15, -0.1) is 0 Å². The number of ketones is 1. The van der Waals surface area contributed by atoms with Crippen LogP contribution in [0, 0.1) is 5.92 Å². The number of ether oxygens (including phenoxy) is 2. The second kappa shape index (κ2) is 9.95. The van der Waals surface area contributed by atoms with E-state index in [2.05, 4.69) is 0 Å². The summed E-state index contributed by atoms with van der Waals surface area (Å²) in [6.07, 6.45) is 4.15. The van der Waals surface area contributed by atoms with Crippen LogP contribution in [0.3, 0.4) is 0 Å². The molecule has 1 aliphatic carbocycles. The number of rotatable bonds is 9. The molecule has 2 unspecified atom stereocenters. The molecule has 1 aromatic rings. The molecule has 0 aliphatic heterocycles. The number of Topliss-reactive ketones (excluding diaryl/α,β-unsaturated/α-hetero) is 1. The average molecular weight is 370 g/mol.